The molecule has 0 unspecified atom stereocenters. The second-order valence-electron chi connectivity index (χ2n) is 6.92. The van der Waals surface area contributed by atoms with Gasteiger partial charge in [-0.05, 0) is 73.9 Å². The molecule has 0 saturated carbocycles. The van der Waals surface area contributed by atoms with Crippen molar-refractivity contribution >= 4 is 28.7 Å². The first-order chi connectivity index (χ1) is 11.3. The molecule has 1 aliphatic rings. The van der Waals surface area contributed by atoms with Crippen LogP contribution in [0.4, 0.5) is 4.79 Å². The van der Waals surface area contributed by atoms with Gasteiger partial charge in [-0.25, -0.2) is 4.79 Å². The molecule has 1 amide bonds. The molecule has 134 valence electrons. The molecule has 1 aromatic rings. The Balaban J connectivity index is 2.18. The van der Waals surface area contributed by atoms with Gasteiger partial charge in [0.1, 0.15) is 11.4 Å². The monoisotopic (exact) mass is 447 g/mol. The predicted molar refractivity (Wildman–Crippen MR) is 101 cm³/mol. The SMILES string of the molecule is COc1ccc(CN(C(=O)OC(C)(C)C)C2CCOCC2)cc1I. The van der Waals surface area contributed by atoms with E-state index in [0.717, 1.165) is 27.7 Å². The van der Waals surface area contributed by atoms with E-state index >= 15 is 0 Å². The minimum absolute atomic E-state index is 0.147. The summed E-state index contributed by atoms with van der Waals surface area (Å²) in [5.41, 5.74) is 0.562. The Hall–Kier alpha value is -1.02. The summed E-state index contributed by atoms with van der Waals surface area (Å²) in [6.07, 6.45) is 1.42. The Morgan fingerprint density at radius 3 is 2.54 bits per heavy atom. The number of amides is 1. The van der Waals surface area contributed by atoms with Gasteiger partial charge >= 0.3 is 6.09 Å². The molecular formula is C18H26INO4. The second kappa shape index (κ2) is 8.38. The van der Waals surface area contributed by atoms with Crippen LogP contribution in [-0.2, 0) is 16.0 Å². The Morgan fingerprint density at radius 2 is 2.00 bits per heavy atom. The van der Waals surface area contributed by atoms with Crippen LogP contribution in [0.1, 0.15) is 39.2 Å². The van der Waals surface area contributed by atoms with Crippen molar-refractivity contribution in [1.29, 1.82) is 0 Å². The van der Waals surface area contributed by atoms with Gasteiger partial charge in [0.05, 0.1) is 10.7 Å². The van der Waals surface area contributed by atoms with Crippen molar-refractivity contribution in [1.82, 2.24) is 4.90 Å². The molecule has 5 nitrogen and oxygen atoms in total. The molecular weight excluding hydrogens is 421 g/mol. The molecule has 0 aromatic heterocycles. The van der Waals surface area contributed by atoms with E-state index < -0.39 is 5.60 Å². The molecule has 0 N–H and O–H groups in total. The molecule has 0 aliphatic carbocycles. The number of rotatable bonds is 4. The lowest BCUT2D eigenvalue weighted by atomic mass is 10.1. The number of nitrogens with zero attached hydrogens (tertiary/aromatic N) is 1. The number of methoxy groups -OCH3 is 1. The van der Waals surface area contributed by atoms with Gasteiger partial charge in [-0.15, -0.1) is 0 Å². The molecule has 24 heavy (non-hydrogen) atoms. The van der Waals surface area contributed by atoms with Crippen molar-refractivity contribution in [2.75, 3.05) is 20.3 Å². The maximum absolute atomic E-state index is 12.7. The minimum atomic E-state index is -0.505. The topological polar surface area (TPSA) is 48.0 Å². The van der Waals surface area contributed by atoms with Crippen molar-refractivity contribution in [2.45, 2.75) is 51.8 Å². The molecule has 2 rings (SSSR count). The van der Waals surface area contributed by atoms with Gasteiger partial charge in [0.2, 0.25) is 0 Å². The van der Waals surface area contributed by atoms with Gasteiger partial charge in [-0.1, -0.05) is 6.07 Å². The van der Waals surface area contributed by atoms with Crippen molar-refractivity contribution in [3.8, 4) is 5.75 Å². The van der Waals surface area contributed by atoms with Crippen molar-refractivity contribution < 1.29 is 19.0 Å². The van der Waals surface area contributed by atoms with Crippen LogP contribution in [0.2, 0.25) is 0 Å². The molecule has 6 heteroatoms. The molecule has 0 bridgehead atoms. The highest BCUT2D eigenvalue weighted by Crippen LogP contribution is 2.25. The number of hydrogen-bond acceptors (Lipinski definition) is 4. The molecule has 0 atom stereocenters. The third-order valence-corrected chi connectivity index (χ3v) is 4.67. The highest BCUT2D eigenvalue weighted by molar-refractivity contribution is 14.1. The molecule has 1 aromatic carbocycles. The Morgan fingerprint density at radius 1 is 1.33 bits per heavy atom. The Kier molecular flexibility index (Phi) is 6.74. The van der Waals surface area contributed by atoms with E-state index in [0.29, 0.717) is 19.8 Å². The van der Waals surface area contributed by atoms with Crippen molar-refractivity contribution in [3.05, 3.63) is 27.3 Å². The number of halogens is 1. The molecule has 1 aliphatic heterocycles. The van der Waals surface area contributed by atoms with Crippen LogP contribution >= 0.6 is 22.6 Å². The molecule has 1 fully saturated rings. The zero-order chi connectivity index (χ0) is 17.7. The van der Waals surface area contributed by atoms with Crippen LogP contribution in [0.25, 0.3) is 0 Å². The van der Waals surface area contributed by atoms with E-state index in [1.165, 1.54) is 0 Å². The smallest absolute Gasteiger partial charge is 0.410 e. The fourth-order valence-electron chi connectivity index (χ4n) is 2.67. The van der Waals surface area contributed by atoms with Crippen LogP contribution in [0.3, 0.4) is 0 Å². The first-order valence-corrected chi connectivity index (χ1v) is 9.28. The average Bonchev–Trinajstić information content (AvgIpc) is 2.52. The summed E-state index contributed by atoms with van der Waals surface area (Å²) in [4.78, 5) is 14.5. The average molecular weight is 447 g/mol. The zero-order valence-corrected chi connectivity index (χ0v) is 17.0. The van der Waals surface area contributed by atoms with Crippen molar-refractivity contribution in [2.24, 2.45) is 0 Å². The Labute approximate surface area is 157 Å². The lowest BCUT2D eigenvalue weighted by molar-refractivity contribution is -0.00808. The first kappa shape index (κ1) is 19.3. The fourth-order valence-corrected chi connectivity index (χ4v) is 3.47. The maximum atomic E-state index is 12.7. The standard InChI is InChI=1S/C18H26INO4/c1-18(2,3)24-17(21)20(14-7-9-23-10-8-14)12-13-5-6-16(22-4)15(19)11-13/h5-6,11,14H,7-10,12H2,1-4H3. The number of hydrogen-bond donors (Lipinski definition) is 0. The van der Waals surface area contributed by atoms with Gasteiger partial charge in [0.15, 0.2) is 0 Å². The normalized spacial score (nSPS) is 15.9. The van der Waals surface area contributed by atoms with Gasteiger partial charge in [-0.3, -0.25) is 0 Å². The first-order valence-electron chi connectivity index (χ1n) is 8.20. The number of carbonyl (C=O) groups excluding carboxylic acids is 1. The largest absolute Gasteiger partial charge is 0.496 e. The van der Waals surface area contributed by atoms with Crippen LogP contribution in [0.5, 0.6) is 5.75 Å². The third kappa shape index (κ3) is 5.51. The predicted octanol–water partition coefficient (Wildman–Crippen LogP) is 4.22. The minimum Gasteiger partial charge on any atom is -0.496 e. The third-order valence-electron chi connectivity index (χ3n) is 3.83. The summed E-state index contributed by atoms with van der Waals surface area (Å²) < 4.78 is 17.4. The van der Waals surface area contributed by atoms with Gasteiger partial charge < -0.3 is 19.1 Å². The summed E-state index contributed by atoms with van der Waals surface area (Å²) >= 11 is 2.25. The summed E-state index contributed by atoms with van der Waals surface area (Å²) in [5.74, 6) is 0.842. The summed E-state index contributed by atoms with van der Waals surface area (Å²) in [7, 11) is 1.66. The van der Waals surface area contributed by atoms with Crippen LogP contribution in [-0.4, -0.2) is 43.0 Å². The van der Waals surface area contributed by atoms with Crippen LogP contribution in [0, 0.1) is 3.57 Å². The lowest BCUT2D eigenvalue weighted by Gasteiger charge is -2.35. The van der Waals surface area contributed by atoms with E-state index in [1.807, 2.05) is 37.8 Å². The number of carbonyl (C=O) groups is 1. The number of benzene rings is 1. The summed E-state index contributed by atoms with van der Waals surface area (Å²) in [5, 5.41) is 0. The zero-order valence-electron chi connectivity index (χ0n) is 14.8. The van der Waals surface area contributed by atoms with Gasteiger partial charge in [0.25, 0.3) is 0 Å². The van der Waals surface area contributed by atoms with E-state index in [2.05, 4.69) is 28.7 Å². The van der Waals surface area contributed by atoms with Gasteiger partial charge in [0, 0.05) is 25.8 Å². The molecule has 1 saturated heterocycles. The lowest BCUT2D eigenvalue weighted by Crippen LogP contribution is -2.45. The second-order valence-corrected chi connectivity index (χ2v) is 8.08. The maximum Gasteiger partial charge on any atom is 0.410 e. The quantitative estimate of drug-likeness (QED) is 0.649. The van der Waals surface area contributed by atoms with E-state index in [-0.39, 0.29) is 12.1 Å². The molecule has 0 radical (unpaired) electrons. The highest BCUT2D eigenvalue weighted by Gasteiger charge is 2.29. The fraction of sp³-hybridized carbons (Fsp3) is 0.611. The van der Waals surface area contributed by atoms with E-state index in [4.69, 9.17) is 14.2 Å². The Bertz CT molecular complexity index is 565. The van der Waals surface area contributed by atoms with Crippen molar-refractivity contribution in [3.63, 3.8) is 0 Å². The van der Waals surface area contributed by atoms with E-state index in [1.54, 1.807) is 7.11 Å². The van der Waals surface area contributed by atoms with Crippen LogP contribution in [0.15, 0.2) is 18.2 Å². The highest BCUT2D eigenvalue weighted by atomic mass is 127. The van der Waals surface area contributed by atoms with E-state index in [9.17, 15) is 4.79 Å². The van der Waals surface area contributed by atoms with Crippen LogP contribution < -0.4 is 4.74 Å². The molecule has 0 spiro atoms. The summed E-state index contributed by atoms with van der Waals surface area (Å²) in [6, 6.07) is 6.13. The molecule has 1 heterocycles. The van der Waals surface area contributed by atoms with Gasteiger partial charge in [-0.2, -0.15) is 0 Å². The summed E-state index contributed by atoms with van der Waals surface area (Å²) in [6.45, 7) is 7.57. The number of ether oxygens (including phenoxy) is 3.